The van der Waals surface area contributed by atoms with Crippen LogP contribution in [0.2, 0.25) is 0 Å². The summed E-state index contributed by atoms with van der Waals surface area (Å²) >= 11 is 0. The molecule has 1 aliphatic heterocycles. The summed E-state index contributed by atoms with van der Waals surface area (Å²) in [5, 5.41) is 3.01. The van der Waals surface area contributed by atoms with Crippen molar-refractivity contribution >= 4 is 26.5 Å². The smallest absolute Gasteiger partial charge is 0.285 e. The van der Waals surface area contributed by atoms with Crippen molar-refractivity contribution in [2.45, 2.75) is 27.7 Å². The van der Waals surface area contributed by atoms with Crippen LogP contribution in [0.5, 0.6) is 0 Å². The van der Waals surface area contributed by atoms with Gasteiger partial charge in [-0.1, -0.05) is 18.2 Å². The molecule has 2 aromatic rings. The minimum absolute atomic E-state index is 0.206. The molecule has 1 aliphatic rings. The van der Waals surface area contributed by atoms with E-state index < -0.39 is 10.0 Å². The summed E-state index contributed by atoms with van der Waals surface area (Å²) in [6.45, 7) is 7.39. The van der Waals surface area contributed by atoms with Crippen LogP contribution in [-0.4, -0.2) is 14.3 Å². The van der Waals surface area contributed by atoms with Gasteiger partial charge >= 0.3 is 0 Å². The Morgan fingerprint density at radius 3 is 2.28 bits per heavy atom. The van der Waals surface area contributed by atoms with Crippen LogP contribution in [-0.2, 0) is 10.0 Å². The zero-order valence-electron chi connectivity index (χ0n) is 14.5. The molecule has 0 amide bonds. The fraction of sp³-hybridized carbons (Fsp3) is 0.211. The van der Waals surface area contributed by atoms with E-state index in [-0.39, 0.29) is 16.6 Å². The van der Waals surface area contributed by atoms with E-state index in [9.17, 15) is 12.8 Å². The fourth-order valence-corrected chi connectivity index (χ4v) is 4.22. The van der Waals surface area contributed by atoms with Crippen LogP contribution >= 0.6 is 0 Å². The van der Waals surface area contributed by atoms with Crippen LogP contribution in [0.1, 0.15) is 29.2 Å². The molecule has 0 aliphatic carbocycles. The summed E-state index contributed by atoms with van der Waals surface area (Å²) in [4.78, 5) is 0.206. The van der Waals surface area contributed by atoms with E-state index in [0.29, 0.717) is 22.4 Å². The Balaban J connectivity index is 2.05. The van der Waals surface area contributed by atoms with Gasteiger partial charge in [-0.3, -0.25) is 0 Å². The number of hydrogen-bond donors (Lipinski definition) is 1. The Labute approximate surface area is 147 Å². The molecule has 0 saturated heterocycles. The Bertz CT molecular complexity index is 1040. The summed E-state index contributed by atoms with van der Waals surface area (Å²) in [6.07, 6.45) is 0. The number of sulfonamides is 1. The first kappa shape index (κ1) is 17.4. The molecule has 0 atom stereocenters. The number of aryl methyl sites for hydroxylation is 3. The summed E-state index contributed by atoms with van der Waals surface area (Å²) in [7, 11) is -3.78. The Kier molecular flexibility index (Phi) is 4.24. The van der Waals surface area contributed by atoms with Crippen molar-refractivity contribution in [2.75, 3.05) is 5.32 Å². The normalized spacial score (nSPS) is 16.1. The van der Waals surface area contributed by atoms with E-state index in [1.165, 1.54) is 12.1 Å². The minimum Gasteiger partial charge on any atom is -0.339 e. The third-order valence-corrected chi connectivity index (χ3v) is 5.86. The van der Waals surface area contributed by atoms with Crippen molar-refractivity contribution in [1.82, 2.24) is 0 Å². The van der Waals surface area contributed by atoms with Gasteiger partial charge in [-0.2, -0.15) is 8.42 Å². The zero-order valence-corrected chi connectivity index (χ0v) is 15.3. The summed E-state index contributed by atoms with van der Waals surface area (Å²) in [5.41, 5.74) is 4.58. The molecule has 1 heterocycles. The molecule has 25 heavy (non-hydrogen) atoms. The van der Waals surface area contributed by atoms with Crippen molar-refractivity contribution in [1.29, 1.82) is 0 Å². The molecule has 3 rings (SSSR count). The van der Waals surface area contributed by atoms with Crippen molar-refractivity contribution in [3.63, 3.8) is 0 Å². The highest BCUT2D eigenvalue weighted by atomic mass is 32.2. The number of anilines is 1. The standard InChI is InChI=1S/C19H19FN2O2S/c1-11-5-6-15(9-12(11)2)18-14(4)19(22-25(18,23)24)21-17-8-7-16(20)10-13(17)3/h5-10H,1-4H3,(H,21,22). The topological polar surface area (TPSA) is 58.5 Å². The van der Waals surface area contributed by atoms with Crippen LogP contribution in [0, 0.1) is 26.6 Å². The molecule has 0 bridgehead atoms. The Morgan fingerprint density at radius 2 is 1.64 bits per heavy atom. The molecule has 0 aromatic heterocycles. The zero-order chi connectivity index (χ0) is 18.4. The average molecular weight is 358 g/mol. The molecule has 0 spiro atoms. The van der Waals surface area contributed by atoms with Crippen LogP contribution in [0.3, 0.4) is 0 Å². The van der Waals surface area contributed by atoms with Gasteiger partial charge in [-0.05, 0) is 68.1 Å². The molecule has 2 aromatic carbocycles. The number of hydrogen-bond acceptors (Lipinski definition) is 3. The van der Waals surface area contributed by atoms with Gasteiger partial charge in [0.1, 0.15) is 16.6 Å². The third-order valence-electron chi connectivity index (χ3n) is 4.38. The summed E-state index contributed by atoms with van der Waals surface area (Å²) in [6, 6.07) is 9.82. The first-order valence-electron chi connectivity index (χ1n) is 7.86. The second kappa shape index (κ2) is 6.11. The average Bonchev–Trinajstić information content (AvgIpc) is 2.74. The van der Waals surface area contributed by atoms with Crippen molar-refractivity contribution in [3.05, 3.63) is 70.0 Å². The Hall–Kier alpha value is -2.47. The van der Waals surface area contributed by atoms with Crippen molar-refractivity contribution in [2.24, 2.45) is 4.40 Å². The van der Waals surface area contributed by atoms with E-state index in [4.69, 9.17) is 0 Å². The highest BCUT2D eigenvalue weighted by molar-refractivity contribution is 8.00. The quantitative estimate of drug-likeness (QED) is 0.869. The highest BCUT2D eigenvalue weighted by Gasteiger charge is 2.31. The summed E-state index contributed by atoms with van der Waals surface area (Å²) < 4.78 is 42.3. The van der Waals surface area contributed by atoms with E-state index in [1.54, 1.807) is 26.0 Å². The van der Waals surface area contributed by atoms with Crippen LogP contribution in [0.4, 0.5) is 10.1 Å². The lowest BCUT2D eigenvalue weighted by Crippen LogP contribution is -2.12. The number of rotatable bonds is 2. The van der Waals surface area contributed by atoms with Gasteiger partial charge in [0, 0.05) is 11.3 Å². The molecule has 0 saturated carbocycles. The van der Waals surface area contributed by atoms with E-state index >= 15 is 0 Å². The largest absolute Gasteiger partial charge is 0.339 e. The monoisotopic (exact) mass is 358 g/mol. The van der Waals surface area contributed by atoms with Crippen molar-refractivity contribution < 1.29 is 12.8 Å². The maximum absolute atomic E-state index is 13.3. The SMILES string of the molecule is CC1=C(c2ccc(C)c(C)c2)S(=O)(=O)N=C1Nc1ccc(F)cc1C. The number of amidine groups is 1. The molecule has 1 N–H and O–H groups in total. The van der Waals surface area contributed by atoms with Crippen LogP contribution in [0.15, 0.2) is 46.4 Å². The molecule has 0 radical (unpaired) electrons. The summed E-state index contributed by atoms with van der Waals surface area (Å²) in [5.74, 6) is -0.0740. The van der Waals surface area contributed by atoms with E-state index in [1.807, 2.05) is 26.0 Å². The van der Waals surface area contributed by atoms with E-state index in [0.717, 1.165) is 11.1 Å². The minimum atomic E-state index is -3.78. The predicted octanol–water partition coefficient (Wildman–Crippen LogP) is 4.34. The van der Waals surface area contributed by atoms with E-state index in [2.05, 4.69) is 9.71 Å². The maximum atomic E-state index is 13.3. The second-order valence-corrected chi connectivity index (χ2v) is 7.79. The van der Waals surface area contributed by atoms with Crippen LogP contribution in [0.25, 0.3) is 4.91 Å². The number of nitrogens with zero attached hydrogens (tertiary/aromatic N) is 1. The maximum Gasteiger partial charge on any atom is 0.285 e. The van der Waals surface area contributed by atoms with Gasteiger partial charge in [0.2, 0.25) is 0 Å². The predicted molar refractivity (Wildman–Crippen MR) is 99.6 cm³/mol. The van der Waals surface area contributed by atoms with Gasteiger partial charge < -0.3 is 5.32 Å². The lowest BCUT2D eigenvalue weighted by molar-refractivity contribution is 0.608. The van der Waals surface area contributed by atoms with Gasteiger partial charge in [-0.15, -0.1) is 4.40 Å². The molecule has 0 fully saturated rings. The van der Waals surface area contributed by atoms with Gasteiger partial charge in [0.15, 0.2) is 0 Å². The number of nitrogens with one attached hydrogen (secondary N) is 1. The lowest BCUT2D eigenvalue weighted by atomic mass is 10.0. The van der Waals surface area contributed by atoms with Gasteiger partial charge in [0.25, 0.3) is 10.0 Å². The third kappa shape index (κ3) is 3.22. The molecular formula is C19H19FN2O2S. The highest BCUT2D eigenvalue weighted by Crippen LogP contribution is 2.34. The number of halogens is 1. The molecule has 130 valence electrons. The molecule has 0 unspecified atom stereocenters. The first-order valence-corrected chi connectivity index (χ1v) is 9.30. The molecule has 4 nitrogen and oxygen atoms in total. The number of benzene rings is 2. The lowest BCUT2D eigenvalue weighted by Gasteiger charge is -2.10. The van der Waals surface area contributed by atoms with Crippen molar-refractivity contribution in [3.8, 4) is 0 Å². The van der Waals surface area contributed by atoms with Gasteiger partial charge in [-0.25, -0.2) is 4.39 Å². The van der Waals surface area contributed by atoms with Gasteiger partial charge in [0.05, 0.1) is 0 Å². The first-order chi connectivity index (χ1) is 11.7. The molecular weight excluding hydrogens is 339 g/mol. The van der Waals surface area contributed by atoms with Crippen LogP contribution < -0.4 is 5.32 Å². The fourth-order valence-electron chi connectivity index (χ4n) is 2.79. The Morgan fingerprint density at radius 1 is 0.920 bits per heavy atom. The molecule has 6 heteroatoms. The second-order valence-electron chi connectivity index (χ2n) is 6.25.